The number of nitrogens with one attached hydrogen (secondary N) is 1. The summed E-state index contributed by atoms with van der Waals surface area (Å²) in [6.07, 6.45) is 4.07. The second-order valence-corrected chi connectivity index (χ2v) is 6.12. The van der Waals surface area contributed by atoms with Crippen molar-refractivity contribution >= 4 is 17.5 Å². The minimum absolute atomic E-state index is 0.0205. The fourth-order valence-electron chi connectivity index (χ4n) is 4.03. The van der Waals surface area contributed by atoms with E-state index in [9.17, 15) is 9.59 Å². The van der Waals surface area contributed by atoms with Crippen LogP contribution in [-0.2, 0) is 15.0 Å². The third kappa shape index (κ3) is 1.82. The zero-order chi connectivity index (χ0) is 16.0. The molecule has 1 aromatic heterocycles. The molecule has 0 bridgehead atoms. The number of para-hydroxylation sites is 1. The summed E-state index contributed by atoms with van der Waals surface area (Å²) >= 11 is 0. The number of anilines is 1. The second kappa shape index (κ2) is 4.91. The van der Waals surface area contributed by atoms with E-state index >= 15 is 0 Å². The highest BCUT2D eigenvalue weighted by Crippen LogP contribution is 2.54. The van der Waals surface area contributed by atoms with Gasteiger partial charge in [-0.2, -0.15) is 0 Å². The van der Waals surface area contributed by atoms with Gasteiger partial charge in [-0.25, -0.2) is 0 Å². The van der Waals surface area contributed by atoms with Crippen LogP contribution in [0.5, 0.6) is 0 Å². The lowest BCUT2D eigenvalue weighted by atomic mass is 9.73. The lowest BCUT2D eigenvalue weighted by molar-refractivity contribution is -0.131. The van der Waals surface area contributed by atoms with Crippen LogP contribution < -0.4 is 5.32 Å². The van der Waals surface area contributed by atoms with E-state index in [1.54, 1.807) is 24.2 Å². The van der Waals surface area contributed by atoms with E-state index in [-0.39, 0.29) is 17.9 Å². The number of fused-ring (bicyclic) bond motifs is 2. The van der Waals surface area contributed by atoms with Crippen molar-refractivity contribution in [3.05, 3.63) is 59.9 Å². The van der Waals surface area contributed by atoms with Crippen molar-refractivity contribution in [3.63, 3.8) is 0 Å². The molecule has 0 radical (unpaired) electrons. The summed E-state index contributed by atoms with van der Waals surface area (Å²) in [5.41, 5.74) is 1.98. The van der Waals surface area contributed by atoms with Gasteiger partial charge in [0.2, 0.25) is 11.8 Å². The highest BCUT2D eigenvalue weighted by Gasteiger charge is 2.58. The van der Waals surface area contributed by atoms with E-state index in [0.29, 0.717) is 13.0 Å². The van der Waals surface area contributed by atoms with Gasteiger partial charge in [0.1, 0.15) is 5.41 Å². The molecule has 116 valence electrons. The fraction of sp³-hybridized carbons (Fsp3) is 0.278. The van der Waals surface area contributed by atoms with Gasteiger partial charge < -0.3 is 10.2 Å². The van der Waals surface area contributed by atoms with Gasteiger partial charge in [-0.05, 0) is 29.7 Å². The molecule has 3 heterocycles. The summed E-state index contributed by atoms with van der Waals surface area (Å²) < 4.78 is 0. The molecule has 2 aliphatic rings. The Morgan fingerprint density at radius 3 is 2.87 bits per heavy atom. The molecule has 0 saturated carbocycles. The van der Waals surface area contributed by atoms with Gasteiger partial charge in [-0.3, -0.25) is 14.6 Å². The van der Waals surface area contributed by atoms with Crippen LogP contribution in [0.3, 0.4) is 0 Å². The molecule has 2 unspecified atom stereocenters. The molecular formula is C18H17N3O2. The number of hydrogen-bond donors (Lipinski definition) is 1. The Hall–Kier alpha value is -2.69. The number of amides is 2. The van der Waals surface area contributed by atoms with Crippen LogP contribution in [0.15, 0.2) is 48.8 Å². The van der Waals surface area contributed by atoms with Crippen molar-refractivity contribution in [2.75, 3.05) is 11.9 Å². The largest absolute Gasteiger partial charge is 0.334 e. The number of benzene rings is 1. The highest BCUT2D eigenvalue weighted by atomic mass is 16.2. The first-order valence-corrected chi connectivity index (χ1v) is 7.72. The van der Waals surface area contributed by atoms with Crippen LogP contribution in [0.1, 0.15) is 30.5 Å². The Morgan fingerprint density at radius 1 is 1.30 bits per heavy atom. The third-order valence-electron chi connectivity index (χ3n) is 4.99. The molecule has 1 N–H and O–H groups in total. The first-order chi connectivity index (χ1) is 11.1. The highest BCUT2D eigenvalue weighted by molar-refractivity contribution is 6.07. The summed E-state index contributed by atoms with van der Waals surface area (Å²) in [5, 5.41) is 2.99. The van der Waals surface area contributed by atoms with Crippen LogP contribution in [0.25, 0.3) is 0 Å². The molecule has 4 rings (SSSR count). The maximum Gasteiger partial charge on any atom is 0.237 e. The molecule has 2 aromatic rings. The number of carbonyl (C=O) groups excluding carboxylic acids is 2. The maximum absolute atomic E-state index is 12.9. The number of aromatic nitrogens is 1. The van der Waals surface area contributed by atoms with Crippen LogP contribution in [0.4, 0.5) is 5.69 Å². The SMILES string of the molecule is CC(=O)N1CCC2(C(=O)Nc3ccccc32)C1c1cccnc1. The second-order valence-electron chi connectivity index (χ2n) is 6.12. The number of likely N-dealkylation sites (tertiary alicyclic amines) is 1. The predicted octanol–water partition coefficient (Wildman–Crippen LogP) is 2.27. The topological polar surface area (TPSA) is 62.3 Å². The van der Waals surface area contributed by atoms with E-state index in [0.717, 1.165) is 16.8 Å². The average molecular weight is 307 g/mol. The minimum atomic E-state index is -0.731. The quantitative estimate of drug-likeness (QED) is 0.879. The molecule has 1 aromatic carbocycles. The summed E-state index contributed by atoms with van der Waals surface area (Å²) in [6, 6.07) is 11.2. The monoisotopic (exact) mass is 307 g/mol. The Bertz CT molecular complexity index is 790. The number of nitrogens with zero attached hydrogens (tertiary/aromatic N) is 2. The van der Waals surface area contributed by atoms with Crippen molar-refractivity contribution in [3.8, 4) is 0 Å². The molecule has 1 spiro atoms. The summed E-state index contributed by atoms with van der Waals surface area (Å²) in [4.78, 5) is 31.1. The van der Waals surface area contributed by atoms with Crippen molar-refractivity contribution < 1.29 is 9.59 Å². The zero-order valence-electron chi connectivity index (χ0n) is 12.8. The lowest BCUT2D eigenvalue weighted by Crippen LogP contribution is -2.42. The van der Waals surface area contributed by atoms with Crippen molar-refractivity contribution in [1.29, 1.82) is 0 Å². The maximum atomic E-state index is 12.9. The van der Waals surface area contributed by atoms with E-state index in [4.69, 9.17) is 0 Å². The fourth-order valence-corrected chi connectivity index (χ4v) is 4.03. The molecule has 1 fully saturated rings. The molecule has 2 aliphatic heterocycles. The normalized spacial score (nSPS) is 25.5. The van der Waals surface area contributed by atoms with E-state index in [1.165, 1.54) is 0 Å². The zero-order valence-corrected chi connectivity index (χ0v) is 12.8. The van der Waals surface area contributed by atoms with Gasteiger partial charge in [-0.1, -0.05) is 24.3 Å². The van der Waals surface area contributed by atoms with Gasteiger partial charge in [0.25, 0.3) is 0 Å². The number of rotatable bonds is 1. The molecule has 1 saturated heterocycles. The standard InChI is InChI=1S/C18H17N3O2/c1-12(22)21-10-8-18(16(21)13-5-4-9-19-11-13)14-6-2-3-7-15(14)20-17(18)23/h2-7,9,11,16H,8,10H2,1H3,(H,20,23). The van der Waals surface area contributed by atoms with E-state index in [1.807, 2.05) is 36.4 Å². The molecular weight excluding hydrogens is 290 g/mol. The van der Waals surface area contributed by atoms with Gasteiger partial charge >= 0.3 is 0 Å². The van der Waals surface area contributed by atoms with Gasteiger partial charge in [0.15, 0.2) is 0 Å². The Morgan fingerprint density at radius 2 is 2.13 bits per heavy atom. The van der Waals surface area contributed by atoms with E-state index in [2.05, 4.69) is 10.3 Å². The van der Waals surface area contributed by atoms with Crippen molar-refractivity contribution in [2.24, 2.45) is 0 Å². The van der Waals surface area contributed by atoms with Crippen LogP contribution in [0.2, 0.25) is 0 Å². The number of hydrogen-bond acceptors (Lipinski definition) is 3. The van der Waals surface area contributed by atoms with Crippen LogP contribution in [0, 0.1) is 0 Å². The first-order valence-electron chi connectivity index (χ1n) is 7.72. The van der Waals surface area contributed by atoms with Crippen molar-refractivity contribution in [1.82, 2.24) is 9.88 Å². The van der Waals surface area contributed by atoms with Crippen LogP contribution >= 0.6 is 0 Å². The molecule has 5 nitrogen and oxygen atoms in total. The number of pyridine rings is 1. The minimum Gasteiger partial charge on any atom is -0.334 e. The molecule has 5 heteroatoms. The summed E-state index contributed by atoms with van der Waals surface area (Å²) in [5.74, 6) is -0.0517. The molecule has 23 heavy (non-hydrogen) atoms. The molecule has 2 atom stereocenters. The van der Waals surface area contributed by atoms with E-state index < -0.39 is 5.41 Å². The molecule has 0 aliphatic carbocycles. The third-order valence-corrected chi connectivity index (χ3v) is 4.99. The summed E-state index contributed by atoms with van der Waals surface area (Å²) in [6.45, 7) is 2.12. The smallest absolute Gasteiger partial charge is 0.237 e. The molecule has 2 amide bonds. The van der Waals surface area contributed by atoms with Gasteiger partial charge in [-0.15, -0.1) is 0 Å². The first kappa shape index (κ1) is 13.9. The Balaban J connectivity index is 1.94. The van der Waals surface area contributed by atoms with Crippen molar-refractivity contribution in [2.45, 2.75) is 24.8 Å². The Kier molecular flexibility index (Phi) is 2.98. The summed E-state index contributed by atoms with van der Waals surface area (Å²) in [7, 11) is 0. The lowest BCUT2D eigenvalue weighted by Gasteiger charge is -2.33. The predicted molar refractivity (Wildman–Crippen MR) is 85.7 cm³/mol. The van der Waals surface area contributed by atoms with Crippen LogP contribution in [-0.4, -0.2) is 28.2 Å². The number of carbonyl (C=O) groups is 2. The van der Waals surface area contributed by atoms with Gasteiger partial charge in [0.05, 0.1) is 6.04 Å². The van der Waals surface area contributed by atoms with Gasteiger partial charge in [0, 0.05) is 31.5 Å². The average Bonchev–Trinajstić information content (AvgIpc) is 3.09. The Labute approximate surface area is 134 Å².